The third kappa shape index (κ3) is 3.93. The molecule has 1 aromatic carbocycles. The monoisotopic (exact) mass is 454 g/mol. The maximum atomic E-state index is 12.9. The third-order valence-corrected chi connectivity index (χ3v) is 8.93. The van der Waals surface area contributed by atoms with E-state index in [0.29, 0.717) is 35.9 Å². The molecule has 2 unspecified atom stereocenters. The largest absolute Gasteiger partial charge is 0.299 e. The quantitative estimate of drug-likeness (QED) is 0.506. The van der Waals surface area contributed by atoms with Crippen LogP contribution in [0.1, 0.15) is 45.1 Å². The number of aryl methyl sites for hydroxylation is 1. The number of carbonyl (C=O) groups is 2. The van der Waals surface area contributed by atoms with Gasteiger partial charge in [-0.05, 0) is 49.1 Å². The van der Waals surface area contributed by atoms with Crippen LogP contribution in [-0.2, 0) is 19.4 Å². The number of alkyl halides is 1. The molecule has 2 fully saturated rings. The van der Waals surface area contributed by atoms with Crippen LogP contribution in [0.2, 0.25) is 0 Å². The molecule has 1 spiro atoms. The Balaban J connectivity index is 1.86. The molecule has 0 aromatic heterocycles. The maximum Gasteiger partial charge on any atom is 0.178 e. The lowest BCUT2D eigenvalue weighted by molar-refractivity contribution is -0.148. The summed E-state index contributed by atoms with van der Waals surface area (Å²) in [5, 5.41) is 0.604. The number of halogens is 1. The van der Waals surface area contributed by atoms with Gasteiger partial charge in [0.25, 0.3) is 0 Å². The van der Waals surface area contributed by atoms with Gasteiger partial charge in [0.05, 0.1) is 16.1 Å². The van der Waals surface area contributed by atoms with Crippen molar-refractivity contribution in [3.63, 3.8) is 0 Å². The number of Topliss-reactive ketones (excluding diaryl/α,β-unsaturated/α-hetero) is 2. The topological polar surface area (TPSA) is 68.3 Å². The minimum Gasteiger partial charge on any atom is -0.299 e. The van der Waals surface area contributed by atoms with E-state index >= 15 is 0 Å². The van der Waals surface area contributed by atoms with Crippen molar-refractivity contribution in [2.24, 2.45) is 22.7 Å². The number of benzene rings is 1. The van der Waals surface area contributed by atoms with Crippen LogP contribution in [0.4, 0.5) is 0 Å². The van der Waals surface area contributed by atoms with Crippen LogP contribution in [0.5, 0.6) is 0 Å². The average Bonchev–Trinajstić information content (AvgIpc) is 2.92. The molecule has 2 saturated carbocycles. The summed E-state index contributed by atoms with van der Waals surface area (Å²) in [5.74, 6) is -0.183. The number of hydrogen-bond donors (Lipinski definition) is 0. The summed E-state index contributed by atoms with van der Waals surface area (Å²) >= 11 is 3.48. The summed E-state index contributed by atoms with van der Waals surface area (Å²) < 4.78 is 25.8. The van der Waals surface area contributed by atoms with Gasteiger partial charge in [0.1, 0.15) is 11.6 Å². The zero-order valence-electron chi connectivity index (χ0n) is 16.1. The highest BCUT2D eigenvalue weighted by molar-refractivity contribution is 9.09. The van der Waals surface area contributed by atoms with Gasteiger partial charge in [-0.15, -0.1) is 0 Å². The fraction of sp³-hybridized carbons (Fsp3) is 0.619. The van der Waals surface area contributed by atoms with E-state index in [0.717, 1.165) is 5.56 Å². The van der Waals surface area contributed by atoms with Crippen molar-refractivity contribution in [1.82, 2.24) is 0 Å². The number of carbonyl (C=O) groups excluding carboxylic acids is 2. The van der Waals surface area contributed by atoms with Gasteiger partial charge in [-0.2, -0.15) is 0 Å². The predicted molar refractivity (Wildman–Crippen MR) is 109 cm³/mol. The molecule has 0 bridgehead atoms. The van der Waals surface area contributed by atoms with E-state index in [4.69, 9.17) is 0 Å². The lowest BCUT2D eigenvalue weighted by atomic mass is 9.62. The number of hydrogen-bond acceptors (Lipinski definition) is 4. The number of sulfone groups is 1. The first-order valence-corrected chi connectivity index (χ1v) is 12.2. The van der Waals surface area contributed by atoms with E-state index in [1.54, 1.807) is 24.3 Å². The van der Waals surface area contributed by atoms with E-state index in [1.165, 1.54) is 0 Å². The highest BCUT2D eigenvalue weighted by Gasteiger charge is 2.58. The van der Waals surface area contributed by atoms with Gasteiger partial charge in [0.15, 0.2) is 9.84 Å². The Bertz CT molecular complexity index is 835. The van der Waals surface area contributed by atoms with Crippen molar-refractivity contribution >= 4 is 37.3 Å². The third-order valence-electron chi connectivity index (χ3n) is 6.25. The summed E-state index contributed by atoms with van der Waals surface area (Å²) in [4.78, 5) is 26.2. The summed E-state index contributed by atoms with van der Waals surface area (Å²) in [7, 11) is -3.46. The lowest BCUT2D eigenvalue weighted by Crippen LogP contribution is -2.46. The second-order valence-electron chi connectivity index (χ2n) is 9.12. The fourth-order valence-corrected chi connectivity index (χ4v) is 7.15. The zero-order valence-corrected chi connectivity index (χ0v) is 18.5. The molecule has 6 heteroatoms. The molecule has 0 N–H and O–H groups in total. The van der Waals surface area contributed by atoms with Crippen LogP contribution in [0.15, 0.2) is 29.2 Å². The maximum absolute atomic E-state index is 12.9. The second-order valence-corrected chi connectivity index (χ2v) is 11.8. The molecule has 4 nitrogen and oxygen atoms in total. The molecule has 3 rings (SSSR count). The van der Waals surface area contributed by atoms with Crippen LogP contribution in [-0.4, -0.2) is 31.1 Å². The highest BCUT2D eigenvalue weighted by Crippen LogP contribution is 2.54. The average molecular weight is 455 g/mol. The molecule has 0 radical (unpaired) electrons. The lowest BCUT2D eigenvalue weighted by Gasteiger charge is -2.38. The highest BCUT2D eigenvalue weighted by atomic mass is 79.9. The van der Waals surface area contributed by atoms with E-state index in [1.807, 2.05) is 20.8 Å². The SMILES string of the molecule is Cc1ccc(S(=O)(=O)CC2CC3(CC2CBr)C(=O)CC(C)(C)CC3=O)cc1. The molecule has 1 aromatic rings. The van der Waals surface area contributed by atoms with Gasteiger partial charge in [-0.3, -0.25) is 9.59 Å². The molecule has 148 valence electrons. The van der Waals surface area contributed by atoms with Crippen LogP contribution in [0.25, 0.3) is 0 Å². The van der Waals surface area contributed by atoms with E-state index in [2.05, 4.69) is 15.9 Å². The van der Waals surface area contributed by atoms with Gasteiger partial charge >= 0.3 is 0 Å². The standard InChI is InChI=1S/C21H27BrO4S/c1-14-4-6-17(7-5-14)27(25,26)13-16-9-21(8-15(16)12-22)18(23)10-20(2,3)11-19(21)24/h4-7,15-16H,8-13H2,1-3H3. The van der Waals surface area contributed by atoms with E-state index < -0.39 is 15.3 Å². The summed E-state index contributed by atoms with van der Waals surface area (Å²) in [6.45, 7) is 5.82. The molecule has 27 heavy (non-hydrogen) atoms. The van der Waals surface area contributed by atoms with Gasteiger partial charge in [0, 0.05) is 18.2 Å². The minimum atomic E-state index is -3.46. The normalized spacial score (nSPS) is 27.3. The Morgan fingerprint density at radius 3 is 2.04 bits per heavy atom. The summed E-state index contributed by atoms with van der Waals surface area (Å²) in [6, 6.07) is 6.86. The van der Waals surface area contributed by atoms with Crippen LogP contribution in [0, 0.1) is 29.6 Å². The molecule has 0 saturated heterocycles. The van der Waals surface area contributed by atoms with Gasteiger partial charge in [0.2, 0.25) is 0 Å². The Kier molecular flexibility index (Phi) is 5.45. The Morgan fingerprint density at radius 1 is 1.00 bits per heavy atom. The van der Waals surface area contributed by atoms with Gasteiger partial charge < -0.3 is 0 Å². The first-order valence-electron chi connectivity index (χ1n) is 9.41. The van der Waals surface area contributed by atoms with Crippen molar-refractivity contribution in [3.8, 4) is 0 Å². The van der Waals surface area contributed by atoms with Crippen molar-refractivity contribution in [2.75, 3.05) is 11.1 Å². The van der Waals surface area contributed by atoms with Crippen LogP contribution >= 0.6 is 15.9 Å². The van der Waals surface area contributed by atoms with Crippen molar-refractivity contribution < 1.29 is 18.0 Å². The number of ketones is 2. The summed E-state index contributed by atoms with van der Waals surface area (Å²) in [5.41, 5.74) is -0.260. The van der Waals surface area contributed by atoms with Gasteiger partial charge in [-0.1, -0.05) is 47.5 Å². The zero-order chi connectivity index (χ0) is 20.0. The summed E-state index contributed by atoms with van der Waals surface area (Å²) in [6.07, 6.45) is 1.62. The first-order chi connectivity index (χ1) is 12.5. The smallest absolute Gasteiger partial charge is 0.178 e. The van der Waals surface area contributed by atoms with Gasteiger partial charge in [-0.25, -0.2) is 8.42 Å². The molecule has 0 heterocycles. The molecule has 0 aliphatic heterocycles. The fourth-order valence-electron chi connectivity index (χ4n) is 4.69. The van der Waals surface area contributed by atoms with Crippen LogP contribution in [0.3, 0.4) is 0 Å². The molecular formula is C21H27BrO4S. The van der Waals surface area contributed by atoms with Crippen LogP contribution < -0.4 is 0 Å². The van der Waals surface area contributed by atoms with E-state index in [-0.39, 0.29) is 34.6 Å². The molecule has 2 aliphatic carbocycles. The Labute approximate surface area is 170 Å². The Morgan fingerprint density at radius 2 is 1.52 bits per heavy atom. The number of rotatable bonds is 4. The van der Waals surface area contributed by atoms with Crippen molar-refractivity contribution in [1.29, 1.82) is 0 Å². The molecule has 0 amide bonds. The second kappa shape index (κ2) is 7.11. The molecule has 2 atom stereocenters. The van der Waals surface area contributed by atoms with E-state index in [9.17, 15) is 18.0 Å². The minimum absolute atomic E-state index is 0.00457. The molecule has 2 aliphatic rings. The van der Waals surface area contributed by atoms with Crippen molar-refractivity contribution in [3.05, 3.63) is 29.8 Å². The van der Waals surface area contributed by atoms with Crippen molar-refractivity contribution in [2.45, 2.75) is 51.3 Å². The molecular weight excluding hydrogens is 428 g/mol. The first kappa shape index (κ1) is 20.7. The predicted octanol–water partition coefficient (Wildman–Crippen LogP) is 4.13. The Hall–Kier alpha value is -1.01.